The minimum Gasteiger partial charge on any atom is -0.497 e. The summed E-state index contributed by atoms with van der Waals surface area (Å²) >= 11 is 0. The Kier molecular flexibility index (Phi) is 4.64. The van der Waals surface area contributed by atoms with E-state index in [1.165, 1.54) is 16.7 Å². The molecule has 0 aliphatic carbocycles. The van der Waals surface area contributed by atoms with E-state index >= 15 is 0 Å². The number of fused-ring (bicyclic) bond motifs is 1. The number of hydrogen-bond acceptors (Lipinski definition) is 2. The molecule has 0 amide bonds. The van der Waals surface area contributed by atoms with Crippen LogP contribution in [-0.2, 0) is 0 Å². The van der Waals surface area contributed by atoms with Crippen molar-refractivity contribution in [3.05, 3.63) is 84.4 Å². The predicted octanol–water partition coefficient (Wildman–Crippen LogP) is 6.70. The van der Waals surface area contributed by atoms with Gasteiger partial charge in [0.25, 0.3) is 0 Å². The van der Waals surface area contributed by atoms with Crippen LogP contribution < -0.4 is 4.74 Å². The first-order chi connectivity index (χ1) is 13.2. The van der Waals surface area contributed by atoms with E-state index in [0.717, 1.165) is 27.9 Å². The number of rotatable bonds is 4. The van der Waals surface area contributed by atoms with Crippen molar-refractivity contribution < 1.29 is 4.74 Å². The number of hydrogen-bond donors (Lipinski definition) is 0. The first-order valence-electron chi connectivity index (χ1n) is 9.30. The van der Waals surface area contributed by atoms with Gasteiger partial charge in [0.2, 0.25) is 0 Å². The molecule has 134 valence electrons. The van der Waals surface area contributed by atoms with Gasteiger partial charge in [-0.2, -0.15) is 0 Å². The van der Waals surface area contributed by atoms with Crippen molar-refractivity contribution in [2.24, 2.45) is 0 Å². The zero-order valence-electron chi connectivity index (χ0n) is 15.9. The first-order valence-corrected chi connectivity index (χ1v) is 9.30. The third-order valence-corrected chi connectivity index (χ3v) is 4.97. The summed E-state index contributed by atoms with van der Waals surface area (Å²) < 4.78 is 5.44. The molecule has 0 atom stereocenters. The maximum atomic E-state index is 5.44. The molecule has 2 nitrogen and oxygen atoms in total. The third-order valence-electron chi connectivity index (χ3n) is 4.97. The molecule has 2 heteroatoms. The fourth-order valence-electron chi connectivity index (χ4n) is 3.38. The zero-order chi connectivity index (χ0) is 18.8. The molecule has 0 N–H and O–H groups in total. The van der Waals surface area contributed by atoms with Crippen LogP contribution in [0.1, 0.15) is 25.3 Å². The van der Waals surface area contributed by atoms with Crippen molar-refractivity contribution in [1.82, 2.24) is 4.98 Å². The second kappa shape index (κ2) is 7.24. The summed E-state index contributed by atoms with van der Waals surface area (Å²) in [5.41, 5.74) is 6.78. The monoisotopic (exact) mass is 353 g/mol. The molecule has 27 heavy (non-hydrogen) atoms. The number of ether oxygens (including phenoxy) is 1. The molecule has 0 saturated heterocycles. The molecule has 0 unspecified atom stereocenters. The molecular formula is C25H23NO. The highest BCUT2D eigenvalue weighted by Gasteiger charge is 2.11. The van der Waals surface area contributed by atoms with Gasteiger partial charge in [-0.05, 0) is 46.9 Å². The van der Waals surface area contributed by atoms with Crippen molar-refractivity contribution in [1.29, 1.82) is 0 Å². The summed E-state index contributed by atoms with van der Waals surface area (Å²) in [5.74, 6) is 1.37. The lowest BCUT2D eigenvalue weighted by Crippen LogP contribution is -1.92. The molecule has 4 aromatic rings. The summed E-state index contributed by atoms with van der Waals surface area (Å²) in [6.45, 7) is 4.42. The van der Waals surface area contributed by atoms with E-state index in [9.17, 15) is 0 Å². The molecule has 0 aliphatic rings. The summed E-state index contributed by atoms with van der Waals surface area (Å²) in [4.78, 5) is 4.93. The lowest BCUT2D eigenvalue weighted by Gasteiger charge is -2.12. The summed E-state index contributed by atoms with van der Waals surface area (Å²) in [6.07, 6.45) is 0. The lowest BCUT2D eigenvalue weighted by atomic mass is 9.96. The van der Waals surface area contributed by atoms with Crippen LogP contribution in [0.2, 0.25) is 0 Å². The van der Waals surface area contributed by atoms with Crippen molar-refractivity contribution >= 4 is 10.9 Å². The van der Waals surface area contributed by atoms with Gasteiger partial charge >= 0.3 is 0 Å². The Morgan fingerprint density at radius 2 is 1.52 bits per heavy atom. The van der Waals surface area contributed by atoms with E-state index < -0.39 is 0 Å². The number of methoxy groups -OCH3 is 1. The minimum absolute atomic E-state index is 0.524. The van der Waals surface area contributed by atoms with Gasteiger partial charge in [0.15, 0.2) is 0 Å². The molecule has 3 aromatic carbocycles. The van der Waals surface area contributed by atoms with Crippen LogP contribution >= 0.6 is 0 Å². The molecule has 0 fully saturated rings. The Morgan fingerprint density at radius 1 is 0.778 bits per heavy atom. The van der Waals surface area contributed by atoms with E-state index in [4.69, 9.17) is 9.72 Å². The minimum atomic E-state index is 0.524. The summed E-state index contributed by atoms with van der Waals surface area (Å²) in [6, 6.07) is 27.4. The second-order valence-corrected chi connectivity index (χ2v) is 7.08. The molecule has 1 heterocycles. The molecule has 0 radical (unpaired) electrons. The fourth-order valence-corrected chi connectivity index (χ4v) is 3.38. The van der Waals surface area contributed by atoms with Crippen LogP contribution in [0.15, 0.2) is 78.9 Å². The molecule has 1 aromatic heterocycles. The molecule has 0 spiro atoms. The Labute approximate surface area is 160 Å². The van der Waals surface area contributed by atoms with Crippen molar-refractivity contribution in [3.8, 4) is 28.1 Å². The highest BCUT2D eigenvalue weighted by atomic mass is 16.5. The molecule has 0 aliphatic heterocycles. The Hall–Kier alpha value is -3.13. The average molecular weight is 353 g/mol. The van der Waals surface area contributed by atoms with Crippen LogP contribution in [0.5, 0.6) is 5.75 Å². The first kappa shape index (κ1) is 17.3. The van der Waals surface area contributed by atoms with Gasteiger partial charge in [-0.1, -0.05) is 68.4 Å². The summed E-state index contributed by atoms with van der Waals surface area (Å²) in [7, 11) is 1.70. The smallest absolute Gasteiger partial charge is 0.119 e. The van der Waals surface area contributed by atoms with Crippen molar-refractivity contribution in [3.63, 3.8) is 0 Å². The number of aromatic nitrogens is 1. The van der Waals surface area contributed by atoms with Crippen molar-refractivity contribution in [2.75, 3.05) is 7.11 Å². The highest BCUT2D eigenvalue weighted by Crippen LogP contribution is 2.34. The quantitative estimate of drug-likeness (QED) is 0.407. The van der Waals surface area contributed by atoms with E-state index in [0.29, 0.717) is 5.92 Å². The van der Waals surface area contributed by atoms with Crippen molar-refractivity contribution in [2.45, 2.75) is 19.8 Å². The topological polar surface area (TPSA) is 22.1 Å². The maximum Gasteiger partial charge on any atom is 0.119 e. The van der Waals surface area contributed by atoms with Gasteiger partial charge in [0, 0.05) is 10.9 Å². The van der Waals surface area contributed by atoms with Gasteiger partial charge in [0.1, 0.15) is 5.75 Å². The molecule has 0 saturated carbocycles. The van der Waals surface area contributed by atoms with Crippen LogP contribution in [0.25, 0.3) is 33.3 Å². The number of pyridine rings is 1. The average Bonchev–Trinajstić information content (AvgIpc) is 2.73. The van der Waals surface area contributed by atoms with E-state index in [-0.39, 0.29) is 0 Å². The van der Waals surface area contributed by atoms with Gasteiger partial charge < -0.3 is 4.74 Å². The predicted molar refractivity (Wildman–Crippen MR) is 113 cm³/mol. The normalized spacial score (nSPS) is 11.1. The molecule has 0 bridgehead atoms. The van der Waals surface area contributed by atoms with E-state index in [2.05, 4.69) is 74.5 Å². The number of benzene rings is 3. The van der Waals surface area contributed by atoms with Gasteiger partial charge in [0.05, 0.1) is 18.3 Å². The van der Waals surface area contributed by atoms with E-state index in [1.54, 1.807) is 7.11 Å². The second-order valence-electron chi connectivity index (χ2n) is 7.08. The number of nitrogens with zero attached hydrogens (tertiary/aromatic N) is 1. The van der Waals surface area contributed by atoms with Crippen LogP contribution in [0.3, 0.4) is 0 Å². The van der Waals surface area contributed by atoms with Crippen LogP contribution in [0, 0.1) is 0 Å². The Morgan fingerprint density at radius 3 is 2.19 bits per heavy atom. The molecule has 4 rings (SSSR count). The summed E-state index contributed by atoms with van der Waals surface area (Å²) in [5, 5.41) is 1.10. The van der Waals surface area contributed by atoms with Gasteiger partial charge in [-0.25, -0.2) is 4.98 Å². The largest absolute Gasteiger partial charge is 0.497 e. The lowest BCUT2D eigenvalue weighted by molar-refractivity contribution is 0.415. The zero-order valence-corrected chi connectivity index (χ0v) is 15.9. The SMILES string of the molecule is COc1ccc2nc(-c3ccc(C(C)C)cc3)cc(-c3ccccc3)c2c1. The van der Waals surface area contributed by atoms with Gasteiger partial charge in [-0.15, -0.1) is 0 Å². The highest BCUT2D eigenvalue weighted by molar-refractivity contribution is 5.97. The third kappa shape index (κ3) is 3.43. The maximum absolute atomic E-state index is 5.44. The molecular weight excluding hydrogens is 330 g/mol. The standard InChI is InChI=1S/C25H23NO/c1-17(2)18-9-11-20(12-10-18)25-16-22(19-7-5-4-6-8-19)23-15-21(27-3)13-14-24(23)26-25/h4-17H,1-3H3. The van der Waals surface area contributed by atoms with Crippen LogP contribution in [0.4, 0.5) is 0 Å². The van der Waals surface area contributed by atoms with Gasteiger partial charge in [-0.3, -0.25) is 0 Å². The van der Waals surface area contributed by atoms with E-state index in [1.807, 2.05) is 18.2 Å². The Bertz CT molecular complexity index is 1070. The Balaban J connectivity index is 1.92. The van der Waals surface area contributed by atoms with Crippen LogP contribution in [-0.4, -0.2) is 12.1 Å². The fraction of sp³-hybridized carbons (Fsp3) is 0.160.